The van der Waals surface area contributed by atoms with Crippen molar-refractivity contribution in [2.75, 3.05) is 7.11 Å². The predicted octanol–water partition coefficient (Wildman–Crippen LogP) is 2.79. The Labute approximate surface area is 118 Å². The molecule has 0 aliphatic heterocycles. The summed E-state index contributed by atoms with van der Waals surface area (Å²) in [6.07, 6.45) is 3.38. The summed E-state index contributed by atoms with van der Waals surface area (Å²) >= 11 is 11.9. The Hall–Kier alpha value is -0.320. The number of rotatable bonds is 6. The number of halogens is 2. The Balaban J connectivity index is 2.06. The van der Waals surface area contributed by atoms with Gasteiger partial charge >= 0.3 is 0 Å². The van der Waals surface area contributed by atoms with E-state index in [9.17, 15) is 0 Å². The number of hydrogen-bond acceptors (Lipinski definition) is 3. The molecular formula is C13H18Cl2N2O. The molecule has 3 N–H and O–H groups in total. The van der Waals surface area contributed by atoms with Crippen molar-refractivity contribution >= 4 is 23.2 Å². The maximum Gasteiger partial charge on any atom is 0.0769 e. The Morgan fingerprint density at radius 2 is 2.11 bits per heavy atom. The largest absolute Gasteiger partial charge is 0.379 e. The van der Waals surface area contributed by atoms with E-state index in [-0.39, 0.29) is 12.1 Å². The molecule has 0 spiro atoms. The minimum atomic E-state index is 0.0970. The lowest BCUT2D eigenvalue weighted by molar-refractivity contribution is 0.0511. The number of benzene rings is 1. The van der Waals surface area contributed by atoms with Crippen LogP contribution in [-0.2, 0) is 11.2 Å². The lowest BCUT2D eigenvalue weighted by Gasteiger charge is -2.25. The first-order chi connectivity index (χ1) is 8.65. The molecule has 18 heavy (non-hydrogen) atoms. The molecule has 0 aromatic heterocycles. The summed E-state index contributed by atoms with van der Waals surface area (Å²) in [7, 11) is 1.74. The Morgan fingerprint density at radius 1 is 1.39 bits per heavy atom. The average molecular weight is 289 g/mol. The van der Waals surface area contributed by atoms with Crippen LogP contribution in [0.1, 0.15) is 18.4 Å². The molecule has 5 heteroatoms. The molecule has 1 aromatic carbocycles. The molecule has 1 fully saturated rings. The Morgan fingerprint density at radius 3 is 2.61 bits per heavy atom. The maximum atomic E-state index is 6.01. The lowest BCUT2D eigenvalue weighted by Crippen LogP contribution is -2.47. The number of hydrazine groups is 1. The molecule has 1 aliphatic rings. The fraction of sp³-hybridized carbons (Fsp3) is 0.538. The fourth-order valence-electron chi connectivity index (χ4n) is 2.30. The second kappa shape index (κ2) is 6.22. The average Bonchev–Trinajstić information content (AvgIpc) is 3.18. The highest BCUT2D eigenvalue weighted by Gasteiger charge is 2.36. The van der Waals surface area contributed by atoms with Gasteiger partial charge in [0.2, 0.25) is 0 Å². The van der Waals surface area contributed by atoms with Crippen molar-refractivity contribution < 1.29 is 4.74 Å². The summed E-state index contributed by atoms with van der Waals surface area (Å²) in [5.41, 5.74) is 3.96. The number of nitrogens with one attached hydrogen (secondary N) is 1. The van der Waals surface area contributed by atoms with Crippen molar-refractivity contribution in [1.29, 1.82) is 0 Å². The molecule has 3 nitrogen and oxygen atoms in total. The van der Waals surface area contributed by atoms with Crippen LogP contribution < -0.4 is 11.3 Å². The number of methoxy groups -OCH3 is 1. The molecule has 1 saturated carbocycles. The highest BCUT2D eigenvalue weighted by Crippen LogP contribution is 2.36. The van der Waals surface area contributed by atoms with E-state index in [1.54, 1.807) is 7.11 Å². The van der Waals surface area contributed by atoms with Gasteiger partial charge in [0, 0.05) is 7.11 Å². The van der Waals surface area contributed by atoms with E-state index < -0.39 is 0 Å². The van der Waals surface area contributed by atoms with Crippen molar-refractivity contribution in [3.63, 3.8) is 0 Å². The van der Waals surface area contributed by atoms with E-state index in [1.807, 2.05) is 18.2 Å². The smallest absolute Gasteiger partial charge is 0.0769 e. The van der Waals surface area contributed by atoms with E-state index in [0.29, 0.717) is 16.0 Å². The molecule has 1 aliphatic carbocycles. The molecule has 0 bridgehead atoms. The van der Waals surface area contributed by atoms with Crippen molar-refractivity contribution in [2.45, 2.75) is 31.4 Å². The third-order valence-corrected chi connectivity index (χ3v) is 4.15. The molecule has 0 radical (unpaired) electrons. The number of hydrogen-bond donors (Lipinski definition) is 2. The van der Waals surface area contributed by atoms with Gasteiger partial charge < -0.3 is 4.74 Å². The minimum Gasteiger partial charge on any atom is -0.379 e. The van der Waals surface area contributed by atoms with Crippen LogP contribution in [0.5, 0.6) is 0 Å². The minimum absolute atomic E-state index is 0.0970. The first-order valence-electron chi connectivity index (χ1n) is 6.08. The summed E-state index contributed by atoms with van der Waals surface area (Å²) in [5, 5.41) is 1.15. The first kappa shape index (κ1) is 14.1. The summed E-state index contributed by atoms with van der Waals surface area (Å²) in [4.78, 5) is 0. The molecule has 2 atom stereocenters. The SMILES string of the molecule is COC(C1CC1)C(Cc1ccc(Cl)c(Cl)c1)NN. The standard InChI is InChI=1S/C13H18Cl2N2O/c1-18-13(9-3-4-9)12(17-16)7-8-2-5-10(14)11(15)6-8/h2,5-6,9,12-13,17H,3-4,7,16H2,1H3. The van der Waals surface area contributed by atoms with Crippen LogP contribution in [0.3, 0.4) is 0 Å². The Bertz CT molecular complexity index is 410. The normalized spacial score (nSPS) is 18.7. The lowest BCUT2D eigenvalue weighted by atomic mass is 9.99. The second-order valence-electron chi connectivity index (χ2n) is 4.76. The summed E-state index contributed by atoms with van der Waals surface area (Å²) in [5.74, 6) is 6.27. The summed E-state index contributed by atoms with van der Waals surface area (Å²) in [6.45, 7) is 0. The Kier molecular flexibility index (Phi) is 4.87. The third kappa shape index (κ3) is 3.37. The van der Waals surface area contributed by atoms with Crippen molar-refractivity contribution in [3.8, 4) is 0 Å². The molecule has 2 unspecified atom stereocenters. The number of ether oxygens (including phenoxy) is 1. The molecule has 0 amide bonds. The topological polar surface area (TPSA) is 47.3 Å². The van der Waals surface area contributed by atoms with E-state index in [0.717, 1.165) is 12.0 Å². The molecular weight excluding hydrogens is 271 g/mol. The fourth-order valence-corrected chi connectivity index (χ4v) is 2.62. The van der Waals surface area contributed by atoms with Crippen LogP contribution in [0.25, 0.3) is 0 Å². The van der Waals surface area contributed by atoms with Crippen LogP contribution >= 0.6 is 23.2 Å². The maximum absolute atomic E-state index is 6.01. The van der Waals surface area contributed by atoms with Gasteiger partial charge in [-0.25, -0.2) is 0 Å². The molecule has 0 saturated heterocycles. The van der Waals surface area contributed by atoms with Gasteiger partial charge in [-0.05, 0) is 42.9 Å². The molecule has 0 heterocycles. The third-order valence-electron chi connectivity index (χ3n) is 3.41. The van der Waals surface area contributed by atoms with E-state index >= 15 is 0 Å². The first-order valence-corrected chi connectivity index (χ1v) is 6.84. The van der Waals surface area contributed by atoms with Crippen LogP contribution in [0, 0.1) is 5.92 Å². The molecule has 2 rings (SSSR count). The van der Waals surface area contributed by atoms with Gasteiger partial charge in [0.1, 0.15) is 0 Å². The molecule has 1 aromatic rings. The van der Waals surface area contributed by atoms with Gasteiger partial charge in [-0.2, -0.15) is 0 Å². The second-order valence-corrected chi connectivity index (χ2v) is 5.58. The van der Waals surface area contributed by atoms with Gasteiger partial charge in [0.05, 0.1) is 22.2 Å². The van der Waals surface area contributed by atoms with Crippen molar-refractivity contribution in [1.82, 2.24) is 5.43 Å². The number of nitrogens with two attached hydrogens (primary N) is 1. The van der Waals surface area contributed by atoms with Crippen LogP contribution in [0.15, 0.2) is 18.2 Å². The van der Waals surface area contributed by atoms with Crippen molar-refractivity contribution in [3.05, 3.63) is 33.8 Å². The monoisotopic (exact) mass is 288 g/mol. The van der Waals surface area contributed by atoms with Gasteiger partial charge in [0.25, 0.3) is 0 Å². The van der Waals surface area contributed by atoms with E-state index in [4.69, 9.17) is 33.8 Å². The quantitative estimate of drug-likeness (QED) is 0.625. The zero-order valence-corrected chi connectivity index (χ0v) is 11.8. The highest BCUT2D eigenvalue weighted by molar-refractivity contribution is 6.42. The predicted molar refractivity (Wildman–Crippen MR) is 74.8 cm³/mol. The highest BCUT2D eigenvalue weighted by atomic mass is 35.5. The van der Waals surface area contributed by atoms with Crippen molar-refractivity contribution in [2.24, 2.45) is 11.8 Å². The van der Waals surface area contributed by atoms with Crippen LogP contribution in [-0.4, -0.2) is 19.3 Å². The summed E-state index contributed by atoms with van der Waals surface area (Å²) in [6, 6.07) is 5.76. The van der Waals surface area contributed by atoms with Gasteiger partial charge in [-0.1, -0.05) is 29.3 Å². The van der Waals surface area contributed by atoms with Gasteiger partial charge in [-0.3, -0.25) is 11.3 Å². The van der Waals surface area contributed by atoms with Crippen LogP contribution in [0.2, 0.25) is 10.0 Å². The zero-order valence-electron chi connectivity index (χ0n) is 10.3. The van der Waals surface area contributed by atoms with Gasteiger partial charge in [-0.15, -0.1) is 0 Å². The van der Waals surface area contributed by atoms with E-state index in [1.165, 1.54) is 12.8 Å². The zero-order chi connectivity index (χ0) is 13.1. The van der Waals surface area contributed by atoms with E-state index in [2.05, 4.69) is 5.43 Å². The summed E-state index contributed by atoms with van der Waals surface area (Å²) < 4.78 is 5.55. The molecule has 100 valence electrons. The van der Waals surface area contributed by atoms with Crippen LogP contribution in [0.4, 0.5) is 0 Å². The van der Waals surface area contributed by atoms with Gasteiger partial charge in [0.15, 0.2) is 0 Å².